The highest BCUT2D eigenvalue weighted by molar-refractivity contribution is 5.90. The van der Waals surface area contributed by atoms with Crippen molar-refractivity contribution in [3.8, 4) is 0 Å². The number of rotatable bonds is 27. The van der Waals surface area contributed by atoms with Crippen LogP contribution in [0.2, 0.25) is 0 Å². The molecule has 1 aromatic carbocycles. The summed E-state index contributed by atoms with van der Waals surface area (Å²) in [5.74, 6) is 3.31. The summed E-state index contributed by atoms with van der Waals surface area (Å²) in [4.78, 5) is 60.4. The van der Waals surface area contributed by atoms with Crippen molar-refractivity contribution in [1.29, 1.82) is 0 Å². The molecule has 0 aliphatic rings. The van der Waals surface area contributed by atoms with Gasteiger partial charge in [-0.3, -0.25) is 24.1 Å². The fourth-order valence-corrected chi connectivity index (χ4v) is 5.40. The van der Waals surface area contributed by atoms with Gasteiger partial charge < -0.3 is 34.6 Å². The molecular formula is C35H61N5O8. The van der Waals surface area contributed by atoms with E-state index in [1.807, 2.05) is 70.0 Å². The third-order valence-corrected chi connectivity index (χ3v) is 7.99. The molecule has 1 rings (SSSR count). The van der Waals surface area contributed by atoms with Gasteiger partial charge in [-0.25, -0.2) is 5.90 Å². The quantitative estimate of drug-likeness (QED) is 0.0715. The molecule has 13 nitrogen and oxygen atoms in total. The Bertz CT molecular complexity index is 1060. The van der Waals surface area contributed by atoms with Crippen LogP contribution in [0.15, 0.2) is 30.3 Å². The Kier molecular flexibility index (Phi) is 22.5. The third-order valence-electron chi connectivity index (χ3n) is 7.99. The summed E-state index contributed by atoms with van der Waals surface area (Å²) in [5.41, 5.74) is 1.12. The van der Waals surface area contributed by atoms with Gasteiger partial charge in [0, 0.05) is 39.1 Å². The number of benzene rings is 1. The maximum atomic E-state index is 13.4. The minimum atomic E-state index is -0.785. The van der Waals surface area contributed by atoms with Crippen LogP contribution in [0.25, 0.3) is 0 Å². The van der Waals surface area contributed by atoms with Crippen molar-refractivity contribution in [3.05, 3.63) is 35.9 Å². The Balaban J connectivity index is 2.65. The molecule has 0 spiro atoms. The number of hydrogen-bond donors (Lipinski definition) is 3. The second-order valence-corrected chi connectivity index (χ2v) is 12.5. The molecule has 0 aromatic heterocycles. The van der Waals surface area contributed by atoms with Gasteiger partial charge in [0.05, 0.1) is 51.5 Å². The van der Waals surface area contributed by atoms with Crippen LogP contribution in [-0.4, -0.2) is 118 Å². The Morgan fingerprint density at radius 2 is 1.52 bits per heavy atom. The van der Waals surface area contributed by atoms with Gasteiger partial charge in [0.2, 0.25) is 17.7 Å². The van der Waals surface area contributed by atoms with Crippen LogP contribution >= 0.6 is 0 Å². The van der Waals surface area contributed by atoms with Gasteiger partial charge >= 0.3 is 0 Å². The van der Waals surface area contributed by atoms with Gasteiger partial charge in [0.25, 0.3) is 0 Å². The highest BCUT2D eigenvalue weighted by atomic mass is 16.6. The van der Waals surface area contributed by atoms with Crippen LogP contribution < -0.4 is 16.5 Å². The Labute approximate surface area is 287 Å². The largest absolute Gasteiger partial charge is 0.378 e. The monoisotopic (exact) mass is 679 g/mol. The molecular weight excluding hydrogens is 618 g/mol. The van der Waals surface area contributed by atoms with Crippen LogP contribution in [0.1, 0.15) is 65.9 Å². The maximum absolute atomic E-state index is 13.4. The lowest BCUT2D eigenvalue weighted by molar-refractivity contribution is -0.154. The number of hydrogen-bond acceptors (Lipinski definition) is 10. The summed E-state index contributed by atoms with van der Waals surface area (Å²) in [7, 11) is 3.32. The second-order valence-electron chi connectivity index (χ2n) is 12.5. The van der Waals surface area contributed by atoms with Crippen LogP contribution in [0.5, 0.6) is 0 Å². The smallest absolute Gasteiger partial charge is 0.237 e. The van der Waals surface area contributed by atoms with E-state index in [0.29, 0.717) is 52.5 Å². The number of carbonyl (C=O) groups is 4. The summed E-state index contributed by atoms with van der Waals surface area (Å²) < 4.78 is 16.6. The van der Waals surface area contributed by atoms with Crippen molar-refractivity contribution in [3.63, 3.8) is 0 Å². The van der Waals surface area contributed by atoms with E-state index < -0.39 is 18.2 Å². The molecule has 0 saturated carbocycles. The number of Topliss-reactive ketones (excluding diaryl/α,β-unsaturated/α-hetero) is 1. The molecule has 0 bridgehead atoms. The first-order valence-corrected chi connectivity index (χ1v) is 17.1. The molecule has 48 heavy (non-hydrogen) atoms. The van der Waals surface area contributed by atoms with Gasteiger partial charge in [-0.2, -0.15) is 0 Å². The number of amides is 3. The van der Waals surface area contributed by atoms with Crippen LogP contribution in [0, 0.1) is 11.8 Å². The maximum Gasteiger partial charge on any atom is 0.237 e. The first kappa shape index (κ1) is 43.1. The summed E-state index contributed by atoms with van der Waals surface area (Å²) in [6.45, 7) is 12.3. The molecule has 0 fully saturated rings. The highest BCUT2D eigenvalue weighted by Crippen LogP contribution is 2.17. The van der Waals surface area contributed by atoms with Crippen molar-refractivity contribution < 1.29 is 38.2 Å². The van der Waals surface area contributed by atoms with E-state index in [0.717, 1.165) is 18.4 Å². The number of nitrogens with two attached hydrogens (primary N) is 1. The third kappa shape index (κ3) is 16.9. The highest BCUT2D eigenvalue weighted by Gasteiger charge is 2.33. The van der Waals surface area contributed by atoms with E-state index in [1.54, 1.807) is 11.8 Å². The topological polar surface area (TPSA) is 162 Å². The van der Waals surface area contributed by atoms with Crippen molar-refractivity contribution in [2.24, 2.45) is 17.7 Å². The number of ketones is 1. The van der Waals surface area contributed by atoms with Gasteiger partial charge in [-0.15, -0.1) is 0 Å². The van der Waals surface area contributed by atoms with Crippen LogP contribution in [0.4, 0.5) is 0 Å². The minimum Gasteiger partial charge on any atom is -0.378 e. The second kappa shape index (κ2) is 25.1. The molecule has 13 heteroatoms. The number of nitrogens with zero attached hydrogens (tertiary/aromatic N) is 2. The van der Waals surface area contributed by atoms with Crippen LogP contribution in [-0.2, 0) is 44.6 Å². The SMILES string of the molecule is CCCCN(C(=O)CCC(=O)CNC(=O)C(C(C)C)N(C)CCOCCOCCON)C(OC)C(C)C(=O)NC(C)Cc1ccccc1. The number of nitrogens with one attached hydrogen (secondary N) is 2. The van der Waals surface area contributed by atoms with Crippen molar-refractivity contribution >= 4 is 23.5 Å². The zero-order valence-electron chi connectivity index (χ0n) is 30.2. The van der Waals surface area contributed by atoms with Crippen LogP contribution in [0.3, 0.4) is 0 Å². The number of ether oxygens (including phenoxy) is 3. The molecule has 274 valence electrons. The molecule has 0 aliphatic heterocycles. The molecule has 3 amide bonds. The summed E-state index contributed by atoms with van der Waals surface area (Å²) in [6, 6.07) is 9.34. The molecule has 0 aliphatic carbocycles. The molecule has 0 heterocycles. The minimum absolute atomic E-state index is 0.00936. The number of carbonyl (C=O) groups excluding carboxylic acids is 4. The lowest BCUT2D eigenvalue weighted by Gasteiger charge is -2.34. The fourth-order valence-electron chi connectivity index (χ4n) is 5.40. The predicted molar refractivity (Wildman–Crippen MR) is 185 cm³/mol. The fraction of sp³-hybridized carbons (Fsp3) is 0.714. The first-order chi connectivity index (χ1) is 23.0. The van der Waals surface area contributed by atoms with Gasteiger partial charge in [0.1, 0.15) is 6.23 Å². The van der Waals surface area contributed by atoms with E-state index in [9.17, 15) is 19.2 Å². The molecule has 0 saturated heterocycles. The lowest BCUT2D eigenvalue weighted by Crippen LogP contribution is -2.51. The van der Waals surface area contributed by atoms with Crippen molar-refractivity contribution in [2.45, 2.75) is 85.0 Å². The van der Waals surface area contributed by atoms with Crippen molar-refractivity contribution in [2.75, 3.05) is 66.8 Å². The van der Waals surface area contributed by atoms with Crippen molar-refractivity contribution in [1.82, 2.24) is 20.4 Å². The van der Waals surface area contributed by atoms with E-state index in [2.05, 4.69) is 15.5 Å². The predicted octanol–water partition coefficient (Wildman–Crippen LogP) is 2.32. The standard InChI is InChI=1S/C35H61N5O8/c1-8-9-17-40(35(45-7)28(5)33(43)38-27(4)24-29-13-11-10-12-14-29)31(42)16-15-30(41)25-37-34(44)32(26(2)3)39(6)18-19-46-20-21-47-22-23-48-36/h10-14,26-28,32,35H,8-9,15-25,36H2,1-7H3,(H,37,44)(H,38,43). The number of unbranched alkanes of at least 4 members (excludes halogenated alkanes) is 1. The zero-order chi connectivity index (χ0) is 35.9. The Morgan fingerprint density at radius 1 is 0.875 bits per heavy atom. The molecule has 0 radical (unpaired) electrons. The molecule has 1 aromatic rings. The molecule has 4 unspecified atom stereocenters. The molecule has 4 atom stereocenters. The summed E-state index contributed by atoms with van der Waals surface area (Å²) in [6.07, 6.45) is 1.37. The van der Waals surface area contributed by atoms with Gasteiger partial charge in [0.15, 0.2) is 5.78 Å². The Hall–Kier alpha value is -2.94. The van der Waals surface area contributed by atoms with E-state index >= 15 is 0 Å². The average Bonchev–Trinajstić information content (AvgIpc) is 3.05. The summed E-state index contributed by atoms with van der Waals surface area (Å²) in [5, 5.41) is 5.80. The Morgan fingerprint density at radius 3 is 2.12 bits per heavy atom. The molecule has 4 N–H and O–H groups in total. The van der Waals surface area contributed by atoms with Gasteiger partial charge in [-0.1, -0.05) is 57.5 Å². The lowest BCUT2D eigenvalue weighted by atomic mass is 10.0. The normalized spacial score (nSPS) is 14.0. The summed E-state index contributed by atoms with van der Waals surface area (Å²) >= 11 is 0. The van der Waals surface area contributed by atoms with E-state index in [-0.39, 0.29) is 54.9 Å². The number of likely N-dealkylation sites (N-methyl/N-ethyl adjacent to an activating group) is 1. The zero-order valence-corrected chi connectivity index (χ0v) is 30.2. The van der Waals surface area contributed by atoms with E-state index in [1.165, 1.54) is 7.11 Å². The van der Waals surface area contributed by atoms with Gasteiger partial charge in [-0.05, 0) is 45.2 Å². The average molecular weight is 680 g/mol. The number of methoxy groups -OCH3 is 1. The van der Waals surface area contributed by atoms with E-state index in [4.69, 9.17) is 20.1 Å². The first-order valence-electron chi connectivity index (χ1n) is 17.1.